The van der Waals surface area contributed by atoms with Crippen LogP contribution in [0.25, 0.3) is 98.6 Å². The lowest BCUT2D eigenvalue weighted by molar-refractivity contribution is 0.620. The zero-order chi connectivity index (χ0) is 33.2. The summed E-state index contributed by atoms with van der Waals surface area (Å²) >= 11 is 0. The van der Waals surface area contributed by atoms with E-state index in [9.17, 15) is 1.37 Å². The van der Waals surface area contributed by atoms with Crippen LogP contribution in [-0.2, 0) is 0 Å². The van der Waals surface area contributed by atoms with Gasteiger partial charge in [0.15, 0.2) is 0 Å². The van der Waals surface area contributed by atoms with Crippen molar-refractivity contribution < 1.29 is 5.79 Å². The molecule has 0 radical (unpaired) electrons. The van der Waals surface area contributed by atoms with Crippen LogP contribution in [0.1, 0.15) is 1.37 Å². The van der Waals surface area contributed by atoms with Gasteiger partial charge in [-0.2, -0.15) is 0 Å². The van der Waals surface area contributed by atoms with Crippen molar-refractivity contribution in [1.82, 2.24) is 0 Å². The molecule has 1 nitrogen and oxygen atoms in total. The highest BCUT2D eigenvalue weighted by atomic mass is 16.3. The van der Waals surface area contributed by atoms with Crippen molar-refractivity contribution in [2.45, 2.75) is 0 Å². The molecule has 0 bridgehead atoms. The van der Waals surface area contributed by atoms with E-state index in [4.69, 9.17) is 4.42 Å². The summed E-state index contributed by atoms with van der Waals surface area (Å²) in [6, 6.07) is 60.6. The van der Waals surface area contributed by atoms with Crippen LogP contribution < -0.4 is 0 Å². The molecule has 49 heavy (non-hydrogen) atoms. The fourth-order valence-corrected chi connectivity index (χ4v) is 7.65. The van der Waals surface area contributed by atoms with Gasteiger partial charge in [0, 0.05) is 16.3 Å². The molecule has 0 aliphatic heterocycles. The molecular weight excluding hydrogens is 593 g/mol. The SMILES string of the molecule is [2H]c1c(-c2coc3c2ccc2c4ccccc4ccc23)c(-c2ccccc2-c2ccccc2-c2ccccc2)cc2cc3ccccc3cc12. The van der Waals surface area contributed by atoms with Crippen LogP contribution in [0.15, 0.2) is 187 Å². The van der Waals surface area contributed by atoms with E-state index in [1.165, 1.54) is 21.9 Å². The third-order valence-electron chi connectivity index (χ3n) is 10.00. The Balaban J connectivity index is 1.29. The van der Waals surface area contributed by atoms with Crippen LogP contribution in [0.3, 0.4) is 0 Å². The Hall–Kier alpha value is -6.44. The molecule has 228 valence electrons. The standard InChI is InChI=1S/C48H30O/c1-2-12-31(13-3-1)37-18-8-9-19-39(37)40-20-10-11-21-41(40)45-28-35-26-33-15-4-5-16-34(33)27-36(35)29-46(45)47-30-49-48-43-23-22-32-14-6-7-17-38(32)42(43)24-25-44(47)48/h1-30H/i29D. The lowest BCUT2D eigenvalue weighted by atomic mass is 9.85. The van der Waals surface area contributed by atoms with Crippen LogP contribution in [0.4, 0.5) is 0 Å². The Morgan fingerprint density at radius 1 is 0.327 bits per heavy atom. The van der Waals surface area contributed by atoms with Gasteiger partial charge in [-0.15, -0.1) is 0 Å². The minimum absolute atomic E-state index is 0.496. The molecule has 10 aromatic rings. The van der Waals surface area contributed by atoms with Crippen molar-refractivity contribution in [3.8, 4) is 44.5 Å². The number of furan rings is 1. The van der Waals surface area contributed by atoms with Crippen LogP contribution in [0.2, 0.25) is 0 Å². The van der Waals surface area contributed by atoms with E-state index in [1.807, 2.05) is 6.26 Å². The first-order valence-corrected chi connectivity index (χ1v) is 16.8. The van der Waals surface area contributed by atoms with Gasteiger partial charge < -0.3 is 4.42 Å². The van der Waals surface area contributed by atoms with Gasteiger partial charge in [-0.25, -0.2) is 0 Å². The van der Waals surface area contributed by atoms with E-state index >= 15 is 0 Å². The Labute approximate surface area is 285 Å². The van der Waals surface area contributed by atoms with Gasteiger partial charge in [0.1, 0.15) is 5.58 Å². The average molecular weight is 624 g/mol. The minimum Gasteiger partial charge on any atom is -0.463 e. The Morgan fingerprint density at radius 2 is 0.898 bits per heavy atom. The fourth-order valence-electron chi connectivity index (χ4n) is 7.65. The molecule has 1 heteroatoms. The summed E-state index contributed by atoms with van der Waals surface area (Å²) in [6.45, 7) is 0. The quantitative estimate of drug-likeness (QED) is 0.140. The number of benzene rings is 9. The van der Waals surface area contributed by atoms with E-state index in [1.54, 1.807) is 0 Å². The highest BCUT2D eigenvalue weighted by Crippen LogP contribution is 2.46. The van der Waals surface area contributed by atoms with Gasteiger partial charge in [0.25, 0.3) is 0 Å². The lowest BCUT2D eigenvalue weighted by Crippen LogP contribution is -1.92. The molecule has 1 heterocycles. The van der Waals surface area contributed by atoms with Crippen LogP contribution >= 0.6 is 0 Å². The van der Waals surface area contributed by atoms with Gasteiger partial charge >= 0.3 is 0 Å². The zero-order valence-electron chi connectivity index (χ0n) is 27.7. The van der Waals surface area contributed by atoms with Gasteiger partial charge in [0.2, 0.25) is 0 Å². The topological polar surface area (TPSA) is 13.1 Å². The summed E-state index contributed by atoms with van der Waals surface area (Å²) in [5.74, 6) is 0. The maximum atomic E-state index is 9.94. The molecule has 0 N–H and O–H groups in total. The summed E-state index contributed by atoms with van der Waals surface area (Å²) in [7, 11) is 0. The second-order valence-corrected chi connectivity index (χ2v) is 12.8. The molecule has 0 amide bonds. The lowest BCUT2D eigenvalue weighted by Gasteiger charge is -2.18. The van der Waals surface area contributed by atoms with Crippen molar-refractivity contribution in [2.24, 2.45) is 0 Å². The first-order valence-electron chi connectivity index (χ1n) is 17.3. The van der Waals surface area contributed by atoms with Crippen LogP contribution in [0.5, 0.6) is 0 Å². The van der Waals surface area contributed by atoms with E-state index in [0.717, 1.165) is 76.7 Å². The van der Waals surface area contributed by atoms with E-state index in [2.05, 4.69) is 170 Å². The smallest absolute Gasteiger partial charge is 0.142 e. The molecule has 0 unspecified atom stereocenters. The molecule has 0 atom stereocenters. The molecule has 0 spiro atoms. The summed E-state index contributed by atoms with van der Waals surface area (Å²) in [4.78, 5) is 0. The molecule has 9 aromatic carbocycles. The molecule has 0 saturated heterocycles. The second-order valence-electron chi connectivity index (χ2n) is 12.8. The Bertz CT molecular complexity index is 2930. The third-order valence-corrected chi connectivity index (χ3v) is 10.00. The zero-order valence-corrected chi connectivity index (χ0v) is 26.7. The Kier molecular flexibility index (Phi) is 6.02. The maximum absolute atomic E-state index is 9.94. The van der Waals surface area contributed by atoms with Crippen molar-refractivity contribution in [3.05, 3.63) is 182 Å². The van der Waals surface area contributed by atoms with Crippen molar-refractivity contribution >= 4 is 54.1 Å². The molecule has 0 fully saturated rings. The summed E-state index contributed by atoms with van der Waals surface area (Å²) in [5.41, 5.74) is 9.35. The first kappa shape index (κ1) is 26.6. The van der Waals surface area contributed by atoms with Crippen LogP contribution in [0, 0.1) is 0 Å². The summed E-state index contributed by atoms with van der Waals surface area (Å²) in [6.07, 6.45) is 1.86. The van der Waals surface area contributed by atoms with Gasteiger partial charge in [-0.05, 0) is 113 Å². The first-order chi connectivity index (χ1) is 24.7. The van der Waals surface area contributed by atoms with E-state index in [-0.39, 0.29) is 0 Å². The predicted molar refractivity (Wildman–Crippen MR) is 208 cm³/mol. The third kappa shape index (κ3) is 4.47. The van der Waals surface area contributed by atoms with Crippen molar-refractivity contribution in [1.29, 1.82) is 0 Å². The van der Waals surface area contributed by atoms with E-state index in [0.29, 0.717) is 6.04 Å². The highest BCUT2D eigenvalue weighted by Gasteiger charge is 2.20. The highest BCUT2D eigenvalue weighted by molar-refractivity contribution is 6.18. The minimum atomic E-state index is 0.496. The molecule has 10 rings (SSSR count). The monoisotopic (exact) mass is 623 g/mol. The fraction of sp³-hybridized carbons (Fsp3) is 0. The molecule has 0 aliphatic rings. The number of fused-ring (bicyclic) bond motifs is 7. The predicted octanol–water partition coefficient (Wildman–Crippen LogP) is 13.7. The molecular formula is C48H30O. The Morgan fingerprint density at radius 3 is 1.67 bits per heavy atom. The maximum Gasteiger partial charge on any atom is 0.142 e. The number of hydrogen-bond donors (Lipinski definition) is 0. The van der Waals surface area contributed by atoms with Gasteiger partial charge in [-0.1, -0.05) is 140 Å². The summed E-state index contributed by atoms with van der Waals surface area (Å²) in [5, 5.41) is 9.90. The molecule has 0 aliphatic carbocycles. The normalized spacial score (nSPS) is 12.0. The largest absolute Gasteiger partial charge is 0.463 e. The molecule has 1 aromatic heterocycles. The van der Waals surface area contributed by atoms with Crippen molar-refractivity contribution in [2.75, 3.05) is 0 Å². The molecule has 0 saturated carbocycles. The average Bonchev–Trinajstić information content (AvgIpc) is 3.61. The van der Waals surface area contributed by atoms with E-state index < -0.39 is 0 Å². The number of rotatable bonds is 4. The summed E-state index contributed by atoms with van der Waals surface area (Å²) < 4.78 is 16.4. The van der Waals surface area contributed by atoms with Gasteiger partial charge in [0.05, 0.1) is 7.63 Å². The van der Waals surface area contributed by atoms with Crippen molar-refractivity contribution in [3.63, 3.8) is 0 Å². The second kappa shape index (κ2) is 11.1. The number of hydrogen-bond acceptors (Lipinski definition) is 1. The van der Waals surface area contributed by atoms with Crippen LogP contribution in [-0.4, -0.2) is 0 Å². The van der Waals surface area contributed by atoms with Gasteiger partial charge in [-0.3, -0.25) is 0 Å².